The van der Waals surface area contributed by atoms with Crippen LogP contribution in [0.2, 0.25) is 0 Å². The number of anilines is 2. The third-order valence-corrected chi connectivity index (χ3v) is 4.08. The zero-order valence-electron chi connectivity index (χ0n) is 15.2. The molecule has 1 fully saturated rings. The number of urea groups is 1. The van der Waals surface area contributed by atoms with Crippen molar-refractivity contribution >= 4 is 17.7 Å². The number of aromatic nitrogens is 2. The Balaban J connectivity index is 1.62. The van der Waals surface area contributed by atoms with E-state index in [4.69, 9.17) is 0 Å². The van der Waals surface area contributed by atoms with Crippen molar-refractivity contribution in [2.24, 2.45) is 0 Å². The molecule has 1 aliphatic rings. The normalized spacial score (nSPS) is 14.1. The van der Waals surface area contributed by atoms with Gasteiger partial charge in [-0.15, -0.1) is 13.2 Å². The minimum atomic E-state index is -4.85. The predicted molar refractivity (Wildman–Crippen MR) is 97.2 cm³/mol. The van der Waals surface area contributed by atoms with Crippen LogP contribution in [0.15, 0.2) is 30.3 Å². The summed E-state index contributed by atoms with van der Waals surface area (Å²) in [5, 5.41) is 4.95. The van der Waals surface area contributed by atoms with Gasteiger partial charge in [-0.3, -0.25) is 0 Å². The van der Waals surface area contributed by atoms with Crippen molar-refractivity contribution in [3.63, 3.8) is 0 Å². The molecule has 3 rings (SSSR count). The standard InChI is InChI=1S/C18H20F3N5O2/c1-12-10-13(24-16(23-12)26-8-4-5-9-26)11-22-17(27)25-14-6-2-3-7-15(14)28-18(19,20)21/h2-3,6-7,10H,4-5,8-9,11H2,1H3,(H2,22,25,27). The molecule has 1 saturated heterocycles. The molecule has 2 heterocycles. The van der Waals surface area contributed by atoms with Gasteiger partial charge in [0.05, 0.1) is 17.9 Å². The molecule has 10 heteroatoms. The van der Waals surface area contributed by atoms with Crippen molar-refractivity contribution in [2.75, 3.05) is 23.3 Å². The maximum Gasteiger partial charge on any atom is 0.573 e. The zero-order valence-corrected chi connectivity index (χ0v) is 15.2. The first-order chi connectivity index (χ1) is 13.3. The van der Waals surface area contributed by atoms with Crippen LogP contribution >= 0.6 is 0 Å². The van der Waals surface area contributed by atoms with Gasteiger partial charge < -0.3 is 20.3 Å². The maximum absolute atomic E-state index is 12.5. The number of carbonyl (C=O) groups excluding carboxylic acids is 1. The Morgan fingerprint density at radius 2 is 1.93 bits per heavy atom. The third kappa shape index (κ3) is 5.48. The lowest BCUT2D eigenvalue weighted by Gasteiger charge is -2.17. The van der Waals surface area contributed by atoms with Crippen LogP contribution in [-0.4, -0.2) is 35.5 Å². The minimum absolute atomic E-state index is 0.0889. The number of halogens is 3. The number of hydrogen-bond donors (Lipinski definition) is 2. The first-order valence-corrected chi connectivity index (χ1v) is 8.79. The van der Waals surface area contributed by atoms with E-state index >= 15 is 0 Å². The van der Waals surface area contributed by atoms with Crippen molar-refractivity contribution in [1.29, 1.82) is 0 Å². The number of nitrogens with zero attached hydrogens (tertiary/aromatic N) is 3. The van der Waals surface area contributed by atoms with E-state index in [2.05, 4.69) is 30.2 Å². The fourth-order valence-corrected chi connectivity index (χ4v) is 2.89. The van der Waals surface area contributed by atoms with Gasteiger partial charge in [-0.25, -0.2) is 14.8 Å². The Bertz CT molecular complexity index is 838. The molecule has 2 N–H and O–H groups in total. The number of amides is 2. The van der Waals surface area contributed by atoms with Crippen molar-refractivity contribution in [1.82, 2.24) is 15.3 Å². The number of nitrogens with one attached hydrogen (secondary N) is 2. The molecule has 28 heavy (non-hydrogen) atoms. The lowest BCUT2D eigenvalue weighted by Crippen LogP contribution is -2.30. The number of carbonyl (C=O) groups is 1. The smallest absolute Gasteiger partial charge is 0.404 e. The number of alkyl halides is 3. The summed E-state index contributed by atoms with van der Waals surface area (Å²) in [4.78, 5) is 23.1. The van der Waals surface area contributed by atoms with Crippen molar-refractivity contribution in [3.05, 3.63) is 41.7 Å². The number of ether oxygens (including phenoxy) is 1. The van der Waals surface area contributed by atoms with Gasteiger partial charge >= 0.3 is 12.4 Å². The number of benzene rings is 1. The highest BCUT2D eigenvalue weighted by atomic mass is 19.4. The Morgan fingerprint density at radius 1 is 1.21 bits per heavy atom. The first kappa shape index (κ1) is 19.7. The molecule has 1 aromatic carbocycles. The molecule has 7 nitrogen and oxygen atoms in total. The summed E-state index contributed by atoms with van der Waals surface area (Å²) in [6.07, 6.45) is -2.67. The molecule has 0 radical (unpaired) electrons. The Hall–Kier alpha value is -3.04. The Kier molecular flexibility index (Phi) is 5.86. The van der Waals surface area contributed by atoms with Crippen LogP contribution in [0.1, 0.15) is 24.2 Å². The third-order valence-electron chi connectivity index (χ3n) is 4.08. The second-order valence-corrected chi connectivity index (χ2v) is 6.35. The summed E-state index contributed by atoms with van der Waals surface area (Å²) in [5.41, 5.74) is 1.30. The van der Waals surface area contributed by atoms with E-state index in [9.17, 15) is 18.0 Å². The fraction of sp³-hybridized carbons (Fsp3) is 0.389. The number of aryl methyl sites for hydroxylation is 1. The van der Waals surface area contributed by atoms with Gasteiger partial charge in [-0.05, 0) is 38.0 Å². The molecule has 0 unspecified atom stereocenters. The maximum atomic E-state index is 12.5. The molecule has 0 atom stereocenters. The highest BCUT2D eigenvalue weighted by Gasteiger charge is 2.32. The van der Waals surface area contributed by atoms with E-state index in [1.165, 1.54) is 18.2 Å². The van der Waals surface area contributed by atoms with Crippen molar-refractivity contribution in [2.45, 2.75) is 32.7 Å². The topological polar surface area (TPSA) is 79.4 Å². The Morgan fingerprint density at radius 3 is 2.64 bits per heavy atom. The van der Waals surface area contributed by atoms with Crippen molar-refractivity contribution < 1.29 is 22.7 Å². The van der Waals surface area contributed by atoms with E-state index in [1.54, 1.807) is 6.07 Å². The molecule has 2 amide bonds. The Labute approximate surface area is 159 Å². The zero-order chi connectivity index (χ0) is 20.1. The van der Waals surface area contributed by atoms with Gasteiger partial charge in [0, 0.05) is 18.8 Å². The highest BCUT2D eigenvalue weighted by molar-refractivity contribution is 5.90. The largest absolute Gasteiger partial charge is 0.573 e. The molecule has 0 aliphatic carbocycles. The van der Waals surface area contributed by atoms with Crippen LogP contribution in [0.4, 0.5) is 29.6 Å². The lowest BCUT2D eigenvalue weighted by molar-refractivity contribution is -0.274. The SMILES string of the molecule is Cc1cc(CNC(=O)Nc2ccccc2OC(F)(F)F)nc(N2CCCC2)n1. The van der Waals surface area contributed by atoms with E-state index in [1.807, 2.05) is 6.92 Å². The van der Waals surface area contributed by atoms with Gasteiger partial charge in [0.25, 0.3) is 0 Å². The highest BCUT2D eigenvalue weighted by Crippen LogP contribution is 2.29. The molecule has 150 valence electrons. The van der Waals surface area contributed by atoms with E-state index in [0.717, 1.165) is 37.7 Å². The van der Waals surface area contributed by atoms with Crippen LogP contribution in [0.5, 0.6) is 5.75 Å². The second-order valence-electron chi connectivity index (χ2n) is 6.35. The average molecular weight is 395 g/mol. The quantitative estimate of drug-likeness (QED) is 0.809. The molecule has 0 bridgehead atoms. The molecular formula is C18H20F3N5O2. The number of para-hydroxylation sites is 2. The predicted octanol–water partition coefficient (Wildman–Crippen LogP) is 3.61. The summed E-state index contributed by atoms with van der Waals surface area (Å²) >= 11 is 0. The van der Waals surface area contributed by atoms with Gasteiger partial charge in [-0.2, -0.15) is 0 Å². The summed E-state index contributed by atoms with van der Waals surface area (Å²) in [6.45, 7) is 3.74. The van der Waals surface area contributed by atoms with Crippen LogP contribution in [0.3, 0.4) is 0 Å². The first-order valence-electron chi connectivity index (χ1n) is 8.79. The monoisotopic (exact) mass is 395 g/mol. The molecule has 1 aromatic heterocycles. The number of rotatable bonds is 5. The molecular weight excluding hydrogens is 375 g/mol. The van der Waals surface area contributed by atoms with E-state index in [-0.39, 0.29) is 12.2 Å². The van der Waals surface area contributed by atoms with Crippen LogP contribution in [0.25, 0.3) is 0 Å². The number of hydrogen-bond acceptors (Lipinski definition) is 5. The summed E-state index contributed by atoms with van der Waals surface area (Å²) in [6, 6.07) is 6.40. The van der Waals surface area contributed by atoms with E-state index in [0.29, 0.717) is 11.6 Å². The second kappa shape index (κ2) is 8.32. The average Bonchev–Trinajstić information content (AvgIpc) is 3.15. The van der Waals surface area contributed by atoms with E-state index < -0.39 is 18.1 Å². The van der Waals surface area contributed by atoms with Crippen LogP contribution in [-0.2, 0) is 6.54 Å². The van der Waals surface area contributed by atoms with Crippen LogP contribution < -0.4 is 20.3 Å². The summed E-state index contributed by atoms with van der Waals surface area (Å²) in [5.74, 6) is 0.137. The van der Waals surface area contributed by atoms with Gasteiger partial charge in [0.15, 0.2) is 5.75 Å². The van der Waals surface area contributed by atoms with Crippen LogP contribution in [0, 0.1) is 6.92 Å². The molecule has 2 aromatic rings. The molecule has 1 aliphatic heterocycles. The molecule has 0 saturated carbocycles. The van der Waals surface area contributed by atoms with Gasteiger partial charge in [0.2, 0.25) is 5.95 Å². The summed E-state index contributed by atoms with van der Waals surface area (Å²) in [7, 11) is 0. The lowest BCUT2D eigenvalue weighted by atomic mass is 10.3. The minimum Gasteiger partial charge on any atom is -0.404 e. The van der Waals surface area contributed by atoms with Crippen molar-refractivity contribution in [3.8, 4) is 5.75 Å². The van der Waals surface area contributed by atoms with Gasteiger partial charge in [-0.1, -0.05) is 12.1 Å². The van der Waals surface area contributed by atoms with Gasteiger partial charge in [0.1, 0.15) is 0 Å². The fourth-order valence-electron chi connectivity index (χ4n) is 2.89. The molecule has 0 spiro atoms. The summed E-state index contributed by atoms with van der Waals surface area (Å²) < 4.78 is 41.3.